The molecule has 0 saturated heterocycles. The van der Waals surface area contributed by atoms with Crippen molar-refractivity contribution in [3.63, 3.8) is 0 Å². The van der Waals surface area contributed by atoms with E-state index in [0.29, 0.717) is 0 Å². The second-order valence-electron chi connectivity index (χ2n) is 2.84. The van der Waals surface area contributed by atoms with Crippen molar-refractivity contribution in [2.45, 2.75) is 11.4 Å². The average Bonchev–Trinajstić information content (AvgIpc) is 2.05. The molecule has 12 heavy (non-hydrogen) atoms. The fraction of sp³-hybridized carbons (Fsp3) is 0.222. The number of anilines is 1. The molecule has 1 aromatic carbocycles. The molecule has 2 rings (SSSR count). The third-order valence-corrected chi connectivity index (χ3v) is 4.78. The fourth-order valence-electron chi connectivity index (χ4n) is 1.18. The van der Waals surface area contributed by atoms with Gasteiger partial charge in [-0.25, -0.2) is 0 Å². The van der Waals surface area contributed by atoms with Gasteiger partial charge >= 0.3 is 81.4 Å². The molecule has 0 radical (unpaired) electrons. The molecule has 2 nitrogen and oxygen atoms in total. The minimum absolute atomic E-state index is 0.189. The summed E-state index contributed by atoms with van der Waals surface area (Å²) in [4.78, 5) is 11.0. The Morgan fingerprint density at radius 3 is 3.17 bits per heavy atom. The van der Waals surface area contributed by atoms with Gasteiger partial charge in [0.15, 0.2) is 0 Å². The van der Waals surface area contributed by atoms with Gasteiger partial charge < -0.3 is 0 Å². The summed E-state index contributed by atoms with van der Waals surface area (Å²) >= 11 is -0.247. The van der Waals surface area contributed by atoms with Gasteiger partial charge in [-0.15, -0.1) is 0 Å². The van der Waals surface area contributed by atoms with E-state index in [1.165, 1.54) is 9.17 Å². The number of aryl methyl sites for hydroxylation is 1. The summed E-state index contributed by atoms with van der Waals surface area (Å²) in [6.07, 6.45) is 0. The molecule has 0 spiro atoms. The zero-order valence-electron chi connectivity index (χ0n) is 6.76. The molecule has 1 heterocycles. The first-order valence-electron chi connectivity index (χ1n) is 3.79. The van der Waals surface area contributed by atoms with Crippen LogP contribution in [0.25, 0.3) is 0 Å². The normalized spacial score (nSPS) is 15.2. The summed E-state index contributed by atoms with van der Waals surface area (Å²) in [6.45, 7) is 2.09. The van der Waals surface area contributed by atoms with Crippen LogP contribution in [-0.2, 0) is 4.79 Å². The topological polar surface area (TPSA) is 29.1 Å². The van der Waals surface area contributed by atoms with Gasteiger partial charge in [0.05, 0.1) is 0 Å². The molecule has 0 bridgehead atoms. The van der Waals surface area contributed by atoms with Gasteiger partial charge in [-0.1, -0.05) is 0 Å². The summed E-state index contributed by atoms with van der Waals surface area (Å²) in [5.41, 5.74) is 2.33. The molecule has 1 N–H and O–H groups in total. The van der Waals surface area contributed by atoms with Crippen LogP contribution in [0.4, 0.5) is 5.69 Å². The van der Waals surface area contributed by atoms with Crippen molar-refractivity contribution in [2.75, 3.05) is 5.32 Å². The quantitative estimate of drug-likeness (QED) is 0.693. The monoisotopic (exact) mass is 277 g/mol. The van der Waals surface area contributed by atoms with E-state index in [-0.39, 0.29) is 26.8 Å². The molecule has 1 aliphatic heterocycles. The van der Waals surface area contributed by atoms with Gasteiger partial charge in [-0.05, 0) is 0 Å². The molecule has 0 saturated carbocycles. The van der Waals surface area contributed by atoms with E-state index in [9.17, 15) is 4.79 Å². The van der Waals surface area contributed by atoms with Crippen molar-refractivity contribution in [1.29, 1.82) is 0 Å². The molecule has 0 atom stereocenters. The van der Waals surface area contributed by atoms with Crippen LogP contribution >= 0.6 is 0 Å². The van der Waals surface area contributed by atoms with E-state index in [1.54, 1.807) is 0 Å². The molecule has 0 unspecified atom stereocenters. The summed E-state index contributed by atoms with van der Waals surface area (Å²) in [7, 11) is 0. The van der Waals surface area contributed by atoms with Crippen molar-refractivity contribution < 1.29 is 4.79 Å². The van der Waals surface area contributed by atoms with E-state index >= 15 is 0 Å². The summed E-state index contributed by atoms with van der Waals surface area (Å²) in [5.74, 6) is 0.189. The molecule has 1 aromatic rings. The predicted molar refractivity (Wildman–Crippen MR) is 50.0 cm³/mol. The summed E-state index contributed by atoms with van der Waals surface area (Å²) < 4.78 is 2.14. The zero-order chi connectivity index (χ0) is 8.55. The van der Waals surface area contributed by atoms with E-state index in [0.717, 1.165) is 10.2 Å². The molecular weight excluding hydrogens is 266 g/mol. The van der Waals surface area contributed by atoms with Crippen LogP contribution in [0.5, 0.6) is 0 Å². The number of carbonyl (C=O) groups excluding carboxylic acids is 1. The Morgan fingerprint density at radius 1 is 1.50 bits per heavy atom. The third-order valence-electron chi connectivity index (χ3n) is 1.77. The van der Waals surface area contributed by atoms with Gasteiger partial charge in [0, 0.05) is 0 Å². The van der Waals surface area contributed by atoms with Crippen molar-refractivity contribution in [2.24, 2.45) is 0 Å². The van der Waals surface area contributed by atoms with Crippen molar-refractivity contribution in [3.05, 3.63) is 23.8 Å². The molecule has 0 aromatic heterocycles. The molecule has 1 amide bonds. The molecule has 0 fully saturated rings. The Morgan fingerprint density at radius 2 is 2.33 bits per heavy atom. The van der Waals surface area contributed by atoms with Gasteiger partial charge in [0.25, 0.3) is 0 Å². The number of hydrogen-bond acceptors (Lipinski definition) is 1. The molecular formula is C9H9NOTe. The molecule has 62 valence electrons. The Balaban J connectivity index is 2.43. The zero-order valence-corrected chi connectivity index (χ0v) is 9.09. The van der Waals surface area contributed by atoms with Crippen molar-refractivity contribution >= 4 is 36.1 Å². The predicted octanol–water partition coefficient (Wildman–Crippen LogP) is 0.695. The van der Waals surface area contributed by atoms with Crippen LogP contribution in [-0.4, -0.2) is 26.8 Å². The Kier molecular flexibility index (Phi) is 2.08. The average molecular weight is 275 g/mol. The number of carbonyl (C=O) groups is 1. The molecule has 0 aliphatic carbocycles. The Labute approximate surface area is 81.4 Å². The van der Waals surface area contributed by atoms with Gasteiger partial charge in [0.2, 0.25) is 0 Å². The minimum atomic E-state index is -0.247. The number of rotatable bonds is 0. The van der Waals surface area contributed by atoms with E-state index < -0.39 is 0 Å². The van der Waals surface area contributed by atoms with Crippen LogP contribution in [0.3, 0.4) is 0 Å². The molecule has 3 heteroatoms. The van der Waals surface area contributed by atoms with Gasteiger partial charge in [0.1, 0.15) is 0 Å². The van der Waals surface area contributed by atoms with Gasteiger partial charge in [-0.2, -0.15) is 0 Å². The van der Waals surface area contributed by atoms with E-state index in [2.05, 4.69) is 18.3 Å². The first-order chi connectivity index (χ1) is 5.75. The maximum absolute atomic E-state index is 11.0. The van der Waals surface area contributed by atoms with Crippen molar-refractivity contribution in [1.82, 2.24) is 0 Å². The standard InChI is InChI=1S/C9H9NOTe/c1-6-2-3-7-8(4-6)12-5-9(11)10-7/h2-4H,5H2,1H3,(H,10,11). The van der Waals surface area contributed by atoms with Gasteiger partial charge in [-0.3, -0.25) is 0 Å². The number of amides is 1. The second kappa shape index (κ2) is 3.08. The van der Waals surface area contributed by atoms with Crippen LogP contribution in [0.2, 0.25) is 4.47 Å². The maximum atomic E-state index is 11.0. The van der Waals surface area contributed by atoms with Crippen LogP contribution in [0.1, 0.15) is 5.56 Å². The Hall–Kier alpha value is -0.520. The van der Waals surface area contributed by atoms with E-state index in [1.807, 2.05) is 12.1 Å². The fourth-order valence-corrected chi connectivity index (χ4v) is 3.76. The number of hydrogen-bond donors (Lipinski definition) is 1. The van der Waals surface area contributed by atoms with Crippen LogP contribution < -0.4 is 8.93 Å². The summed E-state index contributed by atoms with van der Waals surface area (Å²) in [5, 5.41) is 2.88. The number of fused-ring (bicyclic) bond motifs is 1. The SMILES string of the molecule is Cc1ccc2c(c1)[Te]CC(=O)N2. The Bertz CT molecular complexity index is 335. The summed E-state index contributed by atoms with van der Waals surface area (Å²) in [6, 6.07) is 6.24. The molecule has 1 aliphatic rings. The van der Waals surface area contributed by atoms with Crippen LogP contribution in [0.15, 0.2) is 18.2 Å². The third kappa shape index (κ3) is 1.48. The first kappa shape index (κ1) is 8.09. The van der Waals surface area contributed by atoms with Crippen LogP contribution in [0, 0.1) is 6.92 Å². The van der Waals surface area contributed by atoms with Crippen molar-refractivity contribution in [3.8, 4) is 0 Å². The van der Waals surface area contributed by atoms with E-state index in [4.69, 9.17) is 0 Å². The second-order valence-corrected chi connectivity index (χ2v) is 5.74. The first-order valence-corrected chi connectivity index (χ1v) is 6.60. The number of nitrogens with one attached hydrogen (secondary N) is 1. The number of benzene rings is 1.